The Balaban J connectivity index is 1.93. The van der Waals surface area contributed by atoms with Gasteiger partial charge in [0.05, 0.1) is 31.7 Å². The predicted molar refractivity (Wildman–Crippen MR) is 104 cm³/mol. The first-order valence-electron chi connectivity index (χ1n) is 8.92. The minimum absolute atomic E-state index is 0.197. The van der Waals surface area contributed by atoms with Crippen molar-refractivity contribution in [3.05, 3.63) is 65.7 Å². The van der Waals surface area contributed by atoms with Crippen molar-refractivity contribution < 1.29 is 9.53 Å². The van der Waals surface area contributed by atoms with Gasteiger partial charge in [0.2, 0.25) is 0 Å². The van der Waals surface area contributed by atoms with E-state index < -0.39 is 17.8 Å². The third-order valence-electron chi connectivity index (χ3n) is 4.92. The summed E-state index contributed by atoms with van der Waals surface area (Å²) >= 11 is 0. The summed E-state index contributed by atoms with van der Waals surface area (Å²) in [6, 6.07) is 20.8. The molecule has 1 heterocycles. The lowest BCUT2D eigenvalue weighted by molar-refractivity contribution is -0.133. The van der Waals surface area contributed by atoms with Crippen molar-refractivity contribution in [1.82, 2.24) is 5.01 Å². The number of hydrazone groups is 1. The second-order valence-electron chi connectivity index (χ2n) is 6.64. The highest BCUT2D eigenvalue weighted by Gasteiger charge is 2.43. The molecule has 3 rings (SSSR count). The average molecular weight is 372 g/mol. The molecule has 1 aliphatic heterocycles. The van der Waals surface area contributed by atoms with Crippen LogP contribution in [0.5, 0.6) is 5.75 Å². The van der Waals surface area contributed by atoms with Crippen LogP contribution < -0.4 is 4.74 Å². The van der Waals surface area contributed by atoms with Gasteiger partial charge < -0.3 is 4.74 Å². The van der Waals surface area contributed by atoms with Gasteiger partial charge in [-0.2, -0.15) is 15.6 Å². The normalized spacial score (nSPS) is 17.0. The maximum Gasteiger partial charge on any atom is 0.252 e. The first-order valence-corrected chi connectivity index (χ1v) is 8.92. The molecule has 6 nitrogen and oxygen atoms in total. The van der Waals surface area contributed by atoms with E-state index in [1.807, 2.05) is 42.5 Å². The van der Waals surface area contributed by atoms with Gasteiger partial charge in [0, 0.05) is 11.6 Å². The van der Waals surface area contributed by atoms with Gasteiger partial charge in [0.15, 0.2) is 0 Å². The first-order chi connectivity index (χ1) is 13.6. The van der Waals surface area contributed by atoms with Crippen LogP contribution in [0.25, 0.3) is 0 Å². The number of carbonyl (C=O) groups excluding carboxylic acids is 1. The van der Waals surface area contributed by atoms with Crippen LogP contribution in [0.3, 0.4) is 0 Å². The van der Waals surface area contributed by atoms with Crippen LogP contribution in [-0.2, 0) is 11.3 Å². The highest BCUT2D eigenvalue weighted by Crippen LogP contribution is 2.38. The number of amides is 1. The Hall–Kier alpha value is -3.64. The summed E-state index contributed by atoms with van der Waals surface area (Å²) in [6.07, 6.45) is 0. The number of rotatable bonds is 6. The Morgan fingerprint density at radius 2 is 1.75 bits per heavy atom. The van der Waals surface area contributed by atoms with Crippen molar-refractivity contribution in [2.45, 2.75) is 19.4 Å². The van der Waals surface area contributed by atoms with Gasteiger partial charge in [-0.05, 0) is 30.2 Å². The highest BCUT2D eigenvalue weighted by molar-refractivity contribution is 6.07. The zero-order valence-electron chi connectivity index (χ0n) is 15.7. The Kier molecular flexibility index (Phi) is 5.72. The zero-order chi connectivity index (χ0) is 20.1. The van der Waals surface area contributed by atoms with Crippen LogP contribution >= 0.6 is 0 Å². The summed E-state index contributed by atoms with van der Waals surface area (Å²) < 4.78 is 5.18. The summed E-state index contributed by atoms with van der Waals surface area (Å²) in [4.78, 5) is 13.2. The molecule has 28 heavy (non-hydrogen) atoms. The summed E-state index contributed by atoms with van der Waals surface area (Å²) in [6.45, 7) is 2.13. The van der Waals surface area contributed by atoms with Crippen molar-refractivity contribution in [3.63, 3.8) is 0 Å². The molecule has 1 amide bonds. The third-order valence-corrected chi connectivity index (χ3v) is 4.92. The molecule has 0 saturated heterocycles. The molecule has 0 fully saturated rings. The summed E-state index contributed by atoms with van der Waals surface area (Å²) in [5.74, 6) is -1.75. The van der Waals surface area contributed by atoms with Crippen molar-refractivity contribution in [2.75, 3.05) is 7.11 Å². The van der Waals surface area contributed by atoms with Crippen molar-refractivity contribution >= 4 is 11.6 Å². The smallest absolute Gasteiger partial charge is 0.252 e. The zero-order valence-corrected chi connectivity index (χ0v) is 15.7. The number of benzene rings is 2. The molecule has 0 spiro atoms. The number of carbonyl (C=O) groups is 1. The Labute approximate surface area is 164 Å². The van der Waals surface area contributed by atoms with E-state index in [4.69, 9.17) is 4.74 Å². The molecule has 2 aromatic rings. The number of nitrogens with zero attached hydrogens (tertiary/aromatic N) is 4. The van der Waals surface area contributed by atoms with Crippen LogP contribution in [0.1, 0.15) is 24.0 Å². The lowest BCUT2D eigenvalue weighted by Crippen LogP contribution is -2.34. The largest absolute Gasteiger partial charge is 0.497 e. The van der Waals surface area contributed by atoms with Gasteiger partial charge in [-0.1, -0.05) is 42.5 Å². The lowest BCUT2D eigenvalue weighted by atomic mass is 9.76. The lowest BCUT2D eigenvalue weighted by Gasteiger charge is -2.24. The van der Waals surface area contributed by atoms with E-state index in [0.717, 1.165) is 11.1 Å². The average Bonchev–Trinajstić information content (AvgIpc) is 3.00. The minimum atomic E-state index is -0.968. The quantitative estimate of drug-likeness (QED) is 0.776. The third kappa shape index (κ3) is 3.72. The van der Waals surface area contributed by atoms with E-state index in [9.17, 15) is 15.3 Å². The first kappa shape index (κ1) is 19.1. The molecule has 2 atom stereocenters. The molecule has 0 bridgehead atoms. The second kappa shape index (κ2) is 8.37. The van der Waals surface area contributed by atoms with Crippen LogP contribution in [0.2, 0.25) is 0 Å². The number of methoxy groups -OCH3 is 1. The monoisotopic (exact) mass is 372 g/mol. The highest BCUT2D eigenvalue weighted by atomic mass is 16.5. The fourth-order valence-electron chi connectivity index (χ4n) is 3.52. The van der Waals surface area contributed by atoms with Crippen LogP contribution in [0.15, 0.2) is 59.7 Å². The van der Waals surface area contributed by atoms with Gasteiger partial charge >= 0.3 is 0 Å². The standard InChI is InChI=1S/C22H20N4O2/c1-15-20(22(27)26(25-15)14-16-6-4-3-5-7-16)21(18(12-23)13-24)17-8-10-19(28-2)11-9-17/h3-11,18,20-21H,14H2,1-2H3/t20-,21-/m0/s1. The molecule has 6 heteroatoms. The summed E-state index contributed by atoms with van der Waals surface area (Å²) in [7, 11) is 1.57. The van der Waals surface area contributed by atoms with Crippen molar-refractivity contribution in [1.29, 1.82) is 10.5 Å². The Morgan fingerprint density at radius 1 is 1.11 bits per heavy atom. The Morgan fingerprint density at radius 3 is 2.32 bits per heavy atom. The molecule has 0 saturated carbocycles. The molecule has 0 aliphatic carbocycles. The van der Waals surface area contributed by atoms with Crippen LogP contribution in [0, 0.1) is 34.5 Å². The molecule has 140 valence electrons. The number of ether oxygens (including phenoxy) is 1. The molecule has 0 aromatic heterocycles. The Bertz CT molecular complexity index is 941. The van der Waals surface area contributed by atoms with Gasteiger partial charge in [0.25, 0.3) is 5.91 Å². The van der Waals surface area contributed by atoms with E-state index in [1.54, 1.807) is 38.3 Å². The number of hydrogen-bond acceptors (Lipinski definition) is 5. The molecule has 1 aliphatic rings. The van der Waals surface area contributed by atoms with Crippen LogP contribution in [-0.4, -0.2) is 23.7 Å². The van der Waals surface area contributed by atoms with Crippen LogP contribution in [0.4, 0.5) is 0 Å². The molecular weight excluding hydrogens is 352 g/mol. The minimum Gasteiger partial charge on any atom is -0.497 e. The van der Waals surface area contributed by atoms with E-state index in [1.165, 1.54) is 5.01 Å². The van der Waals surface area contributed by atoms with Gasteiger partial charge in [0.1, 0.15) is 11.7 Å². The molecule has 0 radical (unpaired) electrons. The summed E-state index contributed by atoms with van der Waals surface area (Å²) in [5, 5.41) is 24.9. The van der Waals surface area contributed by atoms with Crippen molar-refractivity contribution in [3.8, 4) is 17.9 Å². The van der Waals surface area contributed by atoms with Crippen molar-refractivity contribution in [2.24, 2.45) is 16.9 Å². The van der Waals surface area contributed by atoms with Gasteiger partial charge in [-0.25, -0.2) is 5.01 Å². The number of hydrogen-bond donors (Lipinski definition) is 0. The molecule has 0 N–H and O–H groups in total. The van der Waals surface area contributed by atoms with E-state index in [2.05, 4.69) is 5.10 Å². The molecular formula is C22H20N4O2. The van der Waals surface area contributed by atoms with E-state index >= 15 is 0 Å². The fraction of sp³-hybridized carbons (Fsp3) is 0.273. The maximum atomic E-state index is 13.2. The van der Waals surface area contributed by atoms with E-state index in [-0.39, 0.29) is 5.91 Å². The second-order valence-corrected chi connectivity index (χ2v) is 6.64. The van der Waals surface area contributed by atoms with Gasteiger partial charge in [-0.3, -0.25) is 4.79 Å². The SMILES string of the molecule is COc1ccc([C@@H](C(C#N)C#N)[C@H]2C(=O)N(Cc3ccccc3)N=C2C)cc1. The molecule has 0 unspecified atom stereocenters. The predicted octanol–water partition coefficient (Wildman–Crippen LogP) is 3.48. The number of nitriles is 2. The fourth-order valence-corrected chi connectivity index (χ4v) is 3.52. The topological polar surface area (TPSA) is 89.5 Å². The summed E-state index contributed by atoms with van der Waals surface area (Å²) in [5.41, 5.74) is 2.31. The molecule has 2 aromatic carbocycles. The van der Waals surface area contributed by atoms with E-state index in [0.29, 0.717) is 18.0 Å². The van der Waals surface area contributed by atoms with Gasteiger partial charge in [-0.15, -0.1) is 0 Å². The maximum absolute atomic E-state index is 13.2.